The molecule has 1 N–H and O–H groups in total. The quantitative estimate of drug-likeness (QED) is 0.720. The third-order valence-electron chi connectivity index (χ3n) is 4.35. The van der Waals surface area contributed by atoms with Gasteiger partial charge >= 0.3 is 5.97 Å². The number of carbonyl (C=O) groups excluding carboxylic acids is 1. The molecule has 0 aliphatic heterocycles. The maximum absolute atomic E-state index is 12.4. The molecule has 106 valence electrons. The Morgan fingerprint density at radius 3 is 2.37 bits per heavy atom. The molecule has 2 saturated carbocycles. The van der Waals surface area contributed by atoms with Gasteiger partial charge < -0.3 is 10.0 Å². The summed E-state index contributed by atoms with van der Waals surface area (Å²) in [5.41, 5.74) is -0.294. The first-order valence-electron chi connectivity index (χ1n) is 7.18. The molecule has 0 bridgehead atoms. The summed E-state index contributed by atoms with van der Waals surface area (Å²) in [5.74, 6) is -0.665. The van der Waals surface area contributed by atoms with Gasteiger partial charge in [0.1, 0.15) is 0 Å². The summed E-state index contributed by atoms with van der Waals surface area (Å²) < 4.78 is 0. The number of carbonyl (C=O) groups is 2. The Bertz CT molecular complexity index is 368. The molecule has 19 heavy (non-hydrogen) atoms. The highest BCUT2D eigenvalue weighted by Gasteiger charge is 2.41. The predicted molar refractivity (Wildman–Crippen MR) is 72.7 cm³/mol. The van der Waals surface area contributed by atoms with E-state index in [4.69, 9.17) is 5.11 Å². The molecule has 0 saturated heterocycles. The Balaban J connectivity index is 2.01. The van der Waals surface area contributed by atoms with Crippen molar-refractivity contribution >= 4 is 11.9 Å². The smallest absolute Gasteiger partial charge is 0.303 e. The molecule has 0 heterocycles. The SMILES string of the molecule is C=CCN(C(=O)CC1(CC(=O)O)CCCC1)C1CC1. The fraction of sp³-hybridized carbons (Fsp3) is 0.733. The standard InChI is InChI=1S/C15H23NO3/c1-2-9-16(12-5-6-12)13(17)10-15(11-14(18)19)7-3-4-8-15/h2,12H,1,3-11H2,(H,18,19). The van der Waals surface area contributed by atoms with Gasteiger partial charge in [-0.25, -0.2) is 0 Å². The Labute approximate surface area is 114 Å². The molecule has 0 aromatic rings. The average molecular weight is 265 g/mol. The van der Waals surface area contributed by atoms with Gasteiger partial charge in [-0.1, -0.05) is 18.9 Å². The van der Waals surface area contributed by atoms with Crippen molar-refractivity contribution in [3.05, 3.63) is 12.7 Å². The topological polar surface area (TPSA) is 57.6 Å². The van der Waals surface area contributed by atoms with E-state index in [2.05, 4.69) is 6.58 Å². The van der Waals surface area contributed by atoms with Crippen LogP contribution in [-0.4, -0.2) is 34.5 Å². The van der Waals surface area contributed by atoms with Gasteiger partial charge in [-0.2, -0.15) is 0 Å². The molecule has 0 aromatic heterocycles. The number of carboxylic acid groups (broad SMARTS) is 1. The Morgan fingerprint density at radius 1 is 1.26 bits per heavy atom. The normalized spacial score (nSPS) is 21.1. The van der Waals surface area contributed by atoms with Crippen molar-refractivity contribution in [3.8, 4) is 0 Å². The van der Waals surface area contributed by atoms with Gasteiger partial charge in [-0.15, -0.1) is 6.58 Å². The van der Waals surface area contributed by atoms with Gasteiger partial charge in [-0.05, 0) is 31.1 Å². The van der Waals surface area contributed by atoms with Crippen molar-refractivity contribution in [2.75, 3.05) is 6.54 Å². The lowest BCUT2D eigenvalue weighted by molar-refractivity contribution is -0.141. The minimum atomic E-state index is -0.781. The van der Waals surface area contributed by atoms with Gasteiger partial charge in [0.2, 0.25) is 5.91 Å². The highest BCUT2D eigenvalue weighted by molar-refractivity contribution is 5.79. The monoisotopic (exact) mass is 265 g/mol. The molecule has 0 spiro atoms. The summed E-state index contributed by atoms with van der Waals surface area (Å²) in [6.07, 6.45) is 8.27. The molecule has 0 atom stereocenters. The third kappa shape index (κ3) is 3.58. The van der Waals surface area contributed by atoms with Gasteiger partial charge in [0.15, 0.2) is 0 Å². The molecular weight excluding hydrogens is 242 g/mol. The zero-order chi connectivity index (χ0) is 13.9. The minimum absolute atomic E-state index is 0.116. The van der Waals surface area contributed by atoms with Crippen LogP contribution in [0.5, 0.6) is 0 Å². The van der Waals surface area contributed by atoms with Crippen LogP contribution in [0.2, 0.25) is 0 Å². The van der Waals surface area contributed by atoms with Gasteiger partial charge in [0.25, 0.3) is 0 Å². The number of amides is 1. The van der Waals surface area contributed by atoms with E-state index in [1.54, 1.807) is 6.08 Å². The number of hydrogen-bond donors (Lipinski definition) is 1. The van der Waals surface area contributed by atoms with Crippen LogP contribution in [0.15, 0.2) is 12.7 Å². The maximum atomic E-state index is 12.4. The molecular formula is C15H23NO3. The maximum Gasteiger partial charge on any atom is 0.303 e. The second-order valence-electron chi connectivity index (χ2n) is 6.02. The second-order valence-corrected chi connectivity index (χ2v) is 6.02. The van der Waals surface area contributed by atoms with Crippen LogP contribution in [0.3, 0.4) is 0 Å². The zero-order valence-corrected chi connectivity index (χ0v) is 11.4. The molecule has 0 unspecified atom stereocenters. The van der Waals surface area contributed by atoms with E-state index in [-0.39, 0.29) is 17.7 Å². The van der Waals surface area contributed by atoms with Gasteiger partial charge in [-0.3, -0.25) is 9.59 Å². The molecule has 0 aromatic carbocycles. The highest BCUT2D eigenvalue weighted by atomic mass is 16.4. The Kier molecular flexibility index (Phi) is 4.27. The van der Waals surface area contributed by atoms with Crippen molar-refractivity contribution in [3.63, 3.8) is 0 Å². The van der Waals surface area contributed by atoms with Crippen LogP contribution in [-0.2, 0) is 9.59 Å². The van der Waals surface area contributed by atoms with Crippen molar-refractivity contribution in [1.82, 2.24) is 4.90 Å². The summed E-state index contributed by atoms with van der Waals surface area (Å²) in [6, 6.07) is 0.369. The molecule has 4 nitrogen and oxygen atoms in total. The fourth-order valence-electron chi connectivity index (χ4n) is 3.26. The highest BCUT2D eigenvalue weighted by Crippen LogP contribution is 2.45. The summed E-state index contributed by atoms with van der Waals surface area (Å²) in [4.78, 5) is 25.4. The predicted octanol–water partition coefficient (Wildman–Crippen LogP) is 2.59. The summed E-state index contributed by atoms with van der Waals surface area (Å²) in [5, 5.41) is 9.07. The zero-order valence-electron chi connectivity index (χ0n) is 11.4. The Hall–Kier alpha value is -1.32. The lowest BCUT2D eigenvalue weighted by Crippen LogP contribution is -2.37. The van der Waals surface area contributed by atoms with Crippen molar-refractivity contribution < 1.29 is 14.7 Å². The first-order valence-corrected chi connectivity index (χ1v) is 7.18. The van der Waals surface area contributed by atoms with Gasteiger partial charge in [0, 0.05) is 19.0 Å². The summed E-state index contributed by atoms with van der Waals surface area (Å²) in [7, 11) is 0. The number of rotatable bonds is 7. The van der Waals surface area contributed by atoms with Crippen LogP contribution >= 0.6 is 0 Å². The lowest BCUT2D eigenvalue weighted by Gasteiger charge is -2.30. The van der Waals surface area contributed by atoms with E-state index >= 15 is 0 Å². The Morgan fingerprint density at radius 2 is 1.89 bits per heavy atom. The lowest BCUT2D eigenvalue weighted by atomic mass is 9.79. The molecule has 2 rings (SSSR count). The van der Waals surface area contributed by atoms with E-state index in [1.807, 2.05) is 4.90 Å². The van der Waals surface area contributed by atoms with Gasteiger partial charge in [0.05, 0.1) is 6.42 Å². The third-order valence-corrected chi connectivity index (χ3v) is 4.35. The first kappa shape index (κ1) is 14.1. The molecule has 1 amide bonds. The largest absolute Gasteiger partial charge is 0.481 e. The molecule has 2 aliphatic carbocycles. The van der Waals surface area contributed by atoms with E-state index in [1.165, 1.54) is 0 Å². The van der Waals surface area contributed by atoms with Crippen LogP contribution in [0.4, 0.5) is 0 Å². The molecule has 2 aliphatic rings. The summed E-state index contributed by atoms with van der Waals surface area (Å²) in [6.45, 7) is 4.29. The van der Waals surface area contributed by atoms with Crippen molar-refractivity contribution in [1.29, 1.82) is 0 Å². The number of nitrogens with zero attached hydrogens (tertiary/aromatic N) is 1. The molecule has 4 heteroatoms. The number of hydrogen-bond acceptors (Lipinski definition) is 2. The number of carboxylic acids is 1. The molecule has 2 fully saturated rings. The van der Waals surface area contributed by atoms with Crippen LogP contribution in [0.25, 0.3) is 0 Å². The fourth-order valence-corrected chi connectivity index (χ4v) is 3.26. The second kappa shape index (κ2) is 5.76. The van der Waals surface area contributed by atoms with Crippen LogP contribution in [0.1, 0.15) is 51.4 Å². The van der Waals surface area contributed by atoms with Crippen LogP contribution in [0, 0.1) is 5.41 Å². The summed E-state index contributed by atoms with van der Waals surface area (Å²) >= 11 is 0. The van der Waals surface area contributed by atoms with E-state index in [9.17, 15) is 9.59 Å². The van der Waals surface area contributed by atoms with E-state index in [0.29, 0.717) is 19.0 Å². The van der Waals surface area contributed by atoms with Crippen molar-refractivity contribution in [2.24, 2.45) is 5.41 Å². The van der Waals surface area contributed by atoms with E-state index < -0.39 is 5.97 Å². The number of aliphatic carboxylic acids is 1. The average Bonchev–Trinajstić information content (AvgIpc) is 3.07. The van der Waals surface area contributed by atoms with Crippen molar-refractivity contribution in [2.45, 2.75) is 57.4 Å². The molecule has 0 radical (unpaired) electrons. The van der Waals surface area contributed by atoms with E-state index in [0.717, 1.165) is 38.5 Å². The minimum Gasteiger partial charge on any atom is -0.481 e. The first-order chi connectivity index (χ1) is 9.06. The van der Waals surface area contributed by atoms with Crippen LogP contribution < -0.4 is 0 Å².